The van der Waals surface area contributed by atoms with Gasteiger partial charge in [0.1, 0.15) is 23.7 Å². The van der Waals surface area contributed by atoms with E-state index in [4.69, 9.17) is 32.9 Å². The van der Waals surface area contributed by atoms with Gasteiger partial charge in [-0.1, -0.05) is 35.3 Å². The Morgan fingerprint density at radius 1 is 1.15 bits per heavy atom. The molecule has 0 amide bonds. The Morgan fingerprint density at radius 3 is 2.77 bits per heavy atom. The van der Waals surface area contributed by atoms with Gasteiger partial charge in [-0.2, -0.15) is 9.97 Å². The molecule has 3 heterocycles. The van der Waals surface area contributed by atoms with Crippen LogP contribution in [-0.4, -0.2) is 71.4 Å². The molecule has 2 aliphatic heterocycles. The lowest BCUT2D eigenvalue weighted by molar-refractivity contribution is 0.188. The van der Waals surface area contributed by atoms with Gasteiger partial charge in [-0.25, -0.2) is 4.39 Å². The van der Waals surface area contributed by atoms with E-state index >= 15 is 4.39 Å². The highest BCUT2D eigenvalue weighted by Gasteiger charge is 2.50. The number of nitrogens with one attached hydrogen (secondary N) is 1. The first-order valence-electron chi connectivity index (χ1n) is 13.8. The van der Waals surface area contributed by atoms with Crippen molar-refractivity contribution in [2.75, 3.05) is 44.7 Å². The van der Waals surface area contributed by atoms with Crippen LogP contribution in [0.15, 0.2) is 36.4 Å². The van der Waals surface area contributed by atoms with Crippen molar-refractivity contribution in [3.05, 3.63) is 52.3 Å². The zero-order valence-electron chi connectivity index (χ0n) is 22.2. The Labute approximate surface area is 241 Å². The lowest BCUT2D eigenvalue weighted by atomic mass is 9.96. The topological polar surface area (TPSA) is 73.8 Å². The van der Waals surface area contributed by atoms with Crippen LogP contribution in [0.25, 0.3) is 32.8 Å². The SMILES string of the molecule is CN1CCC[C@H]1COc1nc(N2CCNCC23CC3)c2cc(Cl)c(-c3cc(O)cc4cccc(Cl)c34)c(F)c2n1. The fourth-order valence-corrected chi connectivity index (χ4v) is 6.94. The van der Waals surface area contributed by atoms with Crippen molar-refractivity contribution in [3.8, 4) is 22.9 Å². The van der Waals surface area contributed by atoms with Crippen molar-refractivity contribution >= 4 is 50.7 Å². The number of benzene rings is 3. The number of phenolic OH excluding ortho intramolecular Hbond substituents is 1. The molecule has 40 heavy (non-hydrogen) atoms. The summed E-state index contributed by atoms with van der Waals surface area (Å²) in [5.41, 5.74) is 0.632. The Balaban J connectivity index is 1.43. The van der Waals surface area contributed by atoms with E-state index in [1.54, 1.807) is 24.3 Å². The van der Waals surface area contributed by atoms with Crippen molar-refractivity contribution in [2.24, 2.45) is 0 Å². The first-order chi connectivity index (χ1) is 19.3. The number of likely N-dealkylation sites (tertiary alicyclic amines) is 1. The van der Waals surface area contributed by atoms with E-state index in [1.807, 2.05) is 6.07 Å². The van der Waals surface area contributed by atoms with Crippen LogP contribution in [0, 0.1) is 5.82 Å². The van der Waals surface area contributed by atoms with E-state index in [-0.39, 0.29) is 39.4 Å². The Bertz CT molecular complexity index is 1650. The maximum absolute atomic E-state index is 16.8. The van der Waals surface area contributed by atoms with Gasteiger partial charge in [-0.15, -0.1) is 0 Å². The molecule has 1 saturated carbocycles. The molecule has 1 atom stereocenters. The van der Waals surface area contributed by atoms with Gasteiger partial charge < -0.3 is 25.0 Å². The molecule has 2 N–H and O–H groups in total. The van der Waals surface area contributed by atoms with Crippen molar-refractivity contribution < 1.29 is 14.2 Å². The third-order valence-electron chi connectivity index (χ3n) is 8.72. The molecule has 7 nitrogen and oxygen atoms in total. The number of aromatic nitrogens is 2. The molecule has 1 aromatic heterocycles. The fraction of sp³-hybridized carbons (Fsp3) is 0.400. The number of anilines is 1. The predicted octanol–water partition coefficient (Wildman–Crippen LogP) is 6.02. The molecule has 208 valence electrons. The molecule has 3 aromatic carbocycles. The number of likely N-dealkylation sites (N-methyl/N-ethyl adjacent to an activating group) is 1. The molecular formula is C30H30Cl2FN5O2. The fourth-order valence-electron chi connectivity index (χ4n) is 6.37. The average molecular weight is 583 g/mol. The summed E-state index contributed by atoms with van der Waals surface area (Å²) in [6.07, 6.45) is 4.24. The second-order valence-electron chi connectivity index (χ2n) is 11.2. The van der Waals surface area contributed by atoms with Gasteiger partial charge in [0.05, 0.1) is 10.6 Å². The molecule has 0 bridgehead atoms. The Hall–Kier alpha value is -2.91. The number of aromatic hydroxyl groups is 1. The molecule has 1 spiro atoms. The van der Waals surface area contributed by atoms with Gasteiger partial charge in [0, 0.05) is 47.0 Å². The van der Waals surface area contributed by atoms with Gasteiger partial charge in [0.15, 0.2) is 5.82 Å². The molecule has 0 unspecified atom stereocenters. The maximum atomic E-state index is 16.8. The summed E-state index contributed by atoms with van der Waals surface area (Å²) in [6, 6.07) is 10.6. The van der Waals surface area contributed by atoms with Crippen LogP contribution < -0.4 is 15.0 Å². The molecule has 3 aliphatic rings. The number of nitrogens with zero attached hydrogens (tertiary/aromatic N) is 4. The minimum absolute atomic E-state index is 0.00935. The van der Waals surface area contributed by atoms with E-state index < -0.39 is 5.82 Å². The zero-order chi connectivity index (χ0) is 27.6. The molecule has 0 radical (unpaired) electrons. The minimum Gasteiger partial charge on any atom is -0.508 e. The highest BCUT2D eigenvalue weighted by Crippen LogP contribution is 2.48. The summed E-state index contributed by atoms with van der Waals surface area (Å²) < 4.78 is 22.9. The highest BCUT2D eigenvalue weighted by molar-refractivity contribution is 6.38. The van der Waals surface area contributed by atoms with E-state index in [0.29, 0.717) is 39.2 Å². The maximum Gasteiger partial charge on any atom is 0.319 e. The summed E-state index contributed by atoms with van der Waals surface area (Å²) in [4.78, 5) is 14.0. The van der Waals surface area contributed by atoms with Crippen LogP contribution in [0.2, 0.25) is 10.0 Å². The quantitative estimate of drug-likeness (QED) is 0.298. The zero-order valence-corrected chi connectivity index (χ0v) is 23.7. The number of piperazine rings is 1. The smallest absolute Gasteiger partial charge is 0.319 e. The van der Waals surface area contributed by atoms with E-state index in [0.717, 1.165) is 51.9 Å². The Morgan fingerprint density at radius 2 is 2.00 bits per heavy atom. The average Bonchev–Trinajstić information content (AvgIpc) is 3.57. The molecule has 10 heteroatoms. The van der Waals surface area contributed by atoms with E-state index in [1.165, 1.54) is 6.07 Å². The predicted molar refractivity (Wildman–Crippen MR) is 157 cm³/mol. The summed E-state index contributed by atoms with van der Waals surface area (Å²) in [7, 11) is 2.09. The number of phenols is 1. The van der Waals surface area contributed by atoms with Gasteiger partial charge in [0.25, 0.3) is 0 Å². The molecule has 7 rings (SSSR count). The summed E-state index contributed by atoms with van der Waals surface area (Å²) >= 11 is 13.4. The summed E-state index contributed by atoms with van der Waals surface area (Å²) in [6.45, 7) is 3.85. The van der Waals surface area contributed by atoms with Gasteiger partial charge in [-0.05, 0) is 74.5 Å². The number of fused-ring (bicyclic) bond motifs is 2. The van der Waals surface area contributed by atoms with Crippen LogP contribution in [0.1, 0.15) is 25.7 Å². The normalized spacial score (nSPS) is 20.6. The third-order valence-corrected chi connectivity index (χ3v) is 9.33. The lowest BCUT2D eigenvalue weighted by Crippen LogP contribution is -2.53. The van der Waals surface area contributed by atoms with Crippen LogP contribution in [0.5, 0.6) is 11.8 Å². The molecule has 3 fully saturated rings. The second kappa shape index (κ2) is 9.87. The number of hydrogen-bond donors (Lipinski definition) is 2. The molecule has 4 aromatic rings. The molecule has 1 aliphatic carbocycles. The van der Waals surface area contributed by atoms with E-state index in [2.05, 4.69) is 27.1 Å². The standard InChI is InChI=1S/C30H30Cl2FN5O2/c1-37-10-3-5-18(37)15-40-29-35-27-21(28(36-29)38-11-9-34-16-30(38)7-8-30)14-23(32)25(26(27)33)20-13-19(39)12-17-4-2-6-22(31)24(17)20/h2,4,6,12-14,18,34,39H,3,5,7-11,15-16H2,1H3/t18-/m0/s1. The van der Waals surface area contributed by atoms with Crippen molar-refractivity contribution in [2.45, 2.75) is 37.3 Å². The summed E-state index contributed by atoms with van der Waals surface area (Å²) in [5.74, 6) is 0.0376. The van der Waals surface area contributed by atoms with Gasteiger partial charge in [0.2, 0.25) is 0 Å². The largest absolute Gasteiger partial charge is 0.508 e. The Kier molecular flexibility index (Phi) is 6.42. The minimum atomic E-state index is -0.596. The second-order valence-corrected chi connectivity index (χ2v) is 12.1. The number of halogens is 3. The van der Waals surface area contributed by atoms with Crippen LogP contribution in [0.3, 0.4) is 0 Å². The number of hydrogen-bond acceptors (Lipinski definition) is 7. The van der Waals surface area contributed by atoms with Crippen LogP contribution in [-0.2, 0) is 0 Å². The molecule has 2 saturated heterocycles. The third kappa shape index (κ3) is 4.33. The van der Waals surface area contributed by atoms with Crippen LogP contribution >= 0.6 is 23.2 Å². The van der Waals surface area contributed by atoms with Crippen molar-refractivity contribution in [1.82, 2.24) is 20.2 Å². The van der Waals surface area contributed by atoms with Gasteiger partial charge >= 0.3 is 6.01 Å². The monoisotopic (exact) mass is 581 g/mol. The van der Waals surface area contributed by atoms with Crippen molar-refractivity contribution in [3.63, 3.8) is 0 Å². The van der Waals surface area contributed by atoms with Gasteiger partial charge in [-0.3, -0.25) is 0 Å². The van der Waals surface area contributed by atoms with Crippen LogP contribution in [0.4, 0.5) is 10.2 Å². The first-order valence-corrected chi connectivity index (χ1v) is 14.5. The summed E-state index contributed by atoms with van der Waals surface area (Å²) in [5, 5.41) is 16.5. The number of rotatable bonds is 5. The first kappa shape index (κ1) is 26.0. The van der Waals surface area contributed by atoms with E-state index in [9.17, 15) is 5.11 Å². The van der Waals surface area contributed by atoms with Crippen molar-refractivity contribution in [1.29, 1.82) is 0 Å². The highest BCUT2D eigenvalue weighted by atomic mass is 35.5. The molecular weight excluding hydrogens is 552 g/mol. The lowest BCUT2D eigenvalue weighted by Gasteiger charge is -2.38. The number of ether oxygens (including phenoxy) is 1.